The van der Waals surface area contributed by atoms with Crippen molar-refractivity contribution in [2.24, 2.45) is 0 Å². The highest BCUT2D eigenvalue weighted by Crippen LogP contribution is 2.43. The van der Waals surface area contributed by atoms with Gasteiger partial charge in [-0.05, 0) is 88.9 Å². The van der Waals surface area contributed by atoms with E-state index in [-0.39, 0.29) is 22.3 Å². The van der Waals surface area contributed by atoms with Gasteiger partial charge in [0.05, 0.1) is 24.7 Å². The zero-order valence-electron chi connectivity index (χ0n) is 38.6. The zero-order chi connectivity index (χ0) is 42.1. The van der Waals surface area contributed by atoms with Crippen molar-refractivity contribution >= 4 is 32.3 Å². The van der Waals surface area contributed by atoms with Gasteiger partial charge in [0, 0.05) is 0 Å². The standard InChI is InChI=1S/C40H26/c1-3-9-27(10-4-1)31-13-7-15-33(25-31)35-21-17-29-20-24-38-36(22-18-30-19-23-37(35)39(29)40(30)38)34-16-8-14-32(26-34)28-11-5-2-6-12-28/h1-26H/i1D,2D,3D,4D,5D,6D,7D,8D,9D,10D,11D,12D,13D,14D,15D,16D,25D,26D. The molecule has 0 nitrogen and oxygen atoms in total. The summed E-state index contributed by atoms with van der Waals surface area (Å²) in [6.07, 6.45) is 0. The normalized spacial score (nSPS) is 17.8. The van der Waals surface area contributed by atoms with Crippen LogP contribution in [0.3, 0.4) is 0 Å². The summed E-state index contributed by atoms with van der Waals surface area (Å²) in [6.45, 7) is 0. The van der Waals surface area contributed by atoms with Gasteiger partial charge >= 0.3 is 0 Å². The lowest BCUT2D eigenvalue weighted by Crippen LogP contribution is -1.90. The Bertz CT molecular complexity index is 2880. The molecule has 40 heavy (non-hydrogen) atoms. The van der Waals surface area contributed by atoms with E-state index >= 15 is 0 Å². The first kappa shape index (κ1) is 11.1. The third-order valence-electron chi connectivity index (χ3n) is 6.95. The molecule has 0 atom stereocenters. The molecule has 0 saturated carbocycles. The van der Waals surface area contributed by atoms with E-state index in [2.05, 4.69) is 0 Å². The first-order valence-electron chi connectivity index (χ1n) is 21.4. The second-order valence-electron chi connectivity index (χ2n) is 9.15. The molecule has 0 aliphatic heterocycles. The highest BCUT2D eigenvalue weighted by molar-refractivity contribution is 6.27. The molecule has 0 fully saturated rings. The molecule has 0 bridgehead atoms. The Kier molecular flexibility index (Phi) is 2.56. The molecule has 8 aromatic carbocycles. The number of hydrogen-bond donors (Lipinski definition) is 0. The predicted octanol–water partition coefficient (Wildman–Crippen LogP) is 11.3. The van der Waals surface area contributed by atoms with Gasteiger partial charge < -0.3 is 0 Å². The van der Waals surface area contributed by atoms with Crippen molar-refractivity contribution in [3.8, 4) is 44.5 Å². The highest BCUT2D eigenvalue weighted by atomic mass is 14.2. The SMILES string of the molecule is [2H]c1c([2H])c([2H])c(-c2c([2H])c([2H])c([2H])c(-c3ccc4ccc5c(-c6c([2H])c([2H])c([2H])c(-c7c([2H])c([2H])c([2H])c([2H])c7[2H])c6[2H])ccc6ccc3c4c65)c2[2H])c([2H])c1[2H]. The van der Waals surface area contributed by atoms with Gasteiger partial charge in [0.15, 0.2) is 0 Å². The summed E-state index contributed by atoms with van der Waals surface area (Å²) in [7, 11) is 0. The first-order valence-corrected chi connectivity index (χ1v) is 12.4. The van der Waals surface area contributed by atoms with Crippen LogP contribution in [0, 0.1) is 0 Å². The van der Waals surface area contributed by atoms with Crippen LogP contribution in [0.4, 0.5) is 0 Å². The average Bonchev–Trinajstić information content (AvgIpc) is 3.21. The van der Waals surface area contributed by atoms with Crippen molar-refractivity contribution < 1.29 is 24.7 Å². The quantitative estimate of drug-likeness (QED) is 0.201. The molecule has 0 aliphatic rings. The minimum atomic E-state index is -0.682. The molecule has 0 heteroatoms. The van der Waals surface area contributed by atoms with E-state index in [1.54, 1.807) is 48.5 Å². The average molecular weight is 525 g/mol. The van der Waals surface area contributed by atoms with Gasteiger partial charge in [-0.2, -0.15) is 0 Å². The van der Waals surface area contributed by atoms with E-state index in [0.717, 1.165) is 0 Å². The minimum absolute atomic E-state index is 0.115. The van der Waals surface area contributed by atoms with Crippen LogP contribution in [-0.2, 0) is 0 Å². The summed E-state index contributed by atoms with van der Waals surface area (Å²) in [6, 6.07) is 2.57. The third-order valence-corrected chi connectivity index (χ3v) is 6.95. The van der Waals surface area contributed by atoms with Gasteiger partial charge in [-0.25, -0.2) is 0 Å². The number of rotatable bonds is 4. The van der Waals surface area contributed by atoms with E-state index in [4.69, 9.17) is 21.9 Å². The van der Waals surface area contributed by atoms with E-state index in [9.17, 15) is 2.74 Å². The van der Waals surface area contributed by atoms with E-state index in [1.807, 2.05) is 0 Å². The number of hydrogen-bond acceptors (Lipinski definition) is 0. The maximum Gasteiger partial charge on any atom is 0.0636 e. The summed E-state index contributed by atoms with van der Waals surface area (Å²) in [5.41, 5.74) is -1.34. The van der Waals surface area contributed by atoms with Crippen molar-refractivity contribution in [1.82, 2.24) is 0 Å². The highest BCUT2D eigenvalue weighted by Gasteiger charge is 2.15. The van der Waals surface area contributed by atoms with E-state index in [0.29, 0.717) is 32.3 Å². The maximum atomic E-state index is 9.32. The predicted molar refractivity (Wildman–Crippen MR) is 172 cm³/mol. The molecular formula is C40H26. The van der Waals surface area contributed by atoms with Gasteiger partial charge in [-0.15, -0.1) is 0 Å². The molecule has 8 aromatic rings. The lowest BCUT2D eigenvalue weighted by molar-refractivity contribution is 1.60. The smallest absolute Gasteiger partial charge is 0.0622 e. The molecule has 186 valence electrons. The first-order chi connectivity index (χ1) is 27.3. The molecule has 0 saturated heterocycles. The Morgan fingerprint density at radius 3 is 1.15 bits per heavy atom. The van der Waals surface area contributed by atoms with Gasteiger partial charge in [0.1, 0.15) is 0 Å². The molecule has 0 aliphatic carbocycles. The monoisotopic (exact) mass is 524 g/mol. The zero-order valence-corrected chi connectivity index (χ0v) is 20.6. The molecule has 0 spiro atoms. The summed E-state index contributed by atoms with van der Waals surface area (Å²) >= 11 is 0. The van der Waals surface area contributed by atoms with Gasteiger partial charge in [0.2, 0.25) is 0 Å². The van der Waals surface area contributed by atoms with Crippen molar-refractivity contribution in [3.05, 3.63) is 157 Å². The Balaban J connectivity index is 1.44. The molecule has 0 unspecified atom stereocenters. The maximum absolute atomic E-state index is 9.32. The summed E-state index contributed by atoms with van der Waals surface area (Å²) < 4.78 is 155. The lowest BCUT2D eigenvalue weighted by Gasteiger charge is -2.17. The summed E-state index contributed by atoms with van der Waals surface area (Å²) in [5.74, 6) is 0. The van der Waals surface area contributed by atoms with Crippen LogP contribution in [-0.4, -0.2) is 0 Å². The van der Waals surface area contributed by atoms with Crippen molar-refractivity contribution in [1.29, 1.82) is 0 Å². The molecule has 0 heterocycles. The molecule has 0 amide bonds. The number of benzene rings is 8. The second kappa shape index (κ2) is 9.22. The van der Waals surface area contributed by atoms with Crippen LogP contribution in [0.1, 0.15) is 24.7 Å². The molecule has 8 rings (SSSR count). The van der Waals surface area contributed by atoms with E-state index < -0.39 is 131 Å². The van der Waals surface area contributed by atoms with Crippen LogP contribution in [0.15, 0.2) is 157 Å². The fraction of sp³-hybridized carbons (Fsp3) is 0. The van der Waals surface area contributed by atoms with Crippen LogP contribution < -0.4 is 0 Å². The Labute approximate surface area is 259 Å². The fourth-order valence-electron chi connectivity index (χ4n) is 5.19. The Hall–Kier alpha value is -5.20. The van der Waals surface area contributed by atoms with Crippen LogP contribution in [0.2, 0.25) is 0 Å². The second-order valence-corrected chi connectivity index (χ2v) is 9.15. The van der Waals surface area contributed by atoms with Crippen molar-refractivity contribution in [3.63, 3.8) is 0 Å². The lowest BCUT2D eigenvalue weighted by atomic mass is 9.86. The minimum Gasteiger partial charge on any atom is -0.0622 e. The summed E-state index contributed by atoms with van der Waals surface area (Å²) in [5, 5.41) is 3.57. The molecular weight excluding hydrogens is 480 g/mol. The molecule has 0 N–H and O–H groups in total. The van der Waals surface area contributed by atoms with Crippen LogP contribution in [0.25, 0.3) is 76.8 Å². The summed E-state index contributed by atoms with van der Waals surface area (Å²) in [4.78, 5) is 0. The van der Waals surface area contributed by atoms with Gasteiger partial charge in [-0.1, -0.05) is 145 Å². The topological polar surface area (TPSA) is 0 Å². The fourth-order valence-corrected chi connectivity index (χ4v) is 5.19. The van der Waals surface area contributed by atoms with E-state index in [1.165, 1.54) is 0 Å². The van der Waals surface area contributed by atoms with Gasteiger partial charge in [0.25, 0.3) is 0 Å². The largest absolute Gasteiger partial charge is 0.0636 e. The van der Waals surface area contributed by atoms with Gasteiger partial charge in [-0.3, -0.25) is 0 Å². The van der Waals surface area contributed by atoms with Crippen LogP contribution in [0.5, 0.6) is 0 Å². The molecule has 0 aromatic heterocycles. The van der Waals surface area contributed by atoms with Crippen molar-refractivity contribution in [2.45, 2.75) is 0 Å². The molecule has 0 radical (unpaired) electrons. The van der Waals surface area contributed by atoms with Crippen LogP contribution >= 0.6 is 0 Å². The third kappa shape index (κ3) is 3.69. The Morgan fingerprint density at radius 2 is 0.700 bits per heavy atom. The Morgan fingerprint density at radius 1 is 0.325 bits per heavy atom. The van der Waals surface area contributed by atoms with Crippen molar-refractivity contribution in [2.75, 3.05) is 0 Å².